The number of carboxylic acids is 1. The fraction of sp³-hybridized carbons (Fsp3) is 0.375. The van der Waals surface area contributed by atoms with E-state index in [4.69, 9.17) is 9.84 Å². The third-order valence-corrected chi connectivity index (χ3v) is 3.20. The molecule has 1 unspecified atom stereocenters. The number of ether oxygens (including phenoxy) is 1. The predicted octanol–water partition coefficient (Wildman–Crippen LogP) is 2.47. The van der Waals surface area contributed by atoms with Gasteiger partial charge in [-0.2, -0.15) is 0 Å². The zero-order valence-electron chi connectivity index (χ0n) is 12.6. The summed E-state index contributed by atoms with van der Waals surface area (Å²) in [6.45, 7) is 5.70. The summed E-state index contributed by atoms with van der Waals surface area (Å²) in [5.41, 5.74) is -0.414. The van der Waals surface area contributed by atoms with Crippen LogP contribution in [0.5, 0.6) is 5.75 Å². The number of hydrogen-bond donors (Lipinski definition) is 2. The van der Waals surface area contributed by atoms with Gasteiger partial charge >= 0.3 is 5.97 Å². The summed E-state index contributed by atoms with van der Waals surface area (Å²) >= 11 is 0. The first-order valence-electron chi connectivity index (χ1n) is 6.87. The molecule has 21 heavy (non-hydrogen) atoms. The summed E-state index contributed by atoms with van der Waals surface area (Å²) < 4.78 is 5.32. The number of aliphatic carboxylic acids is 1. The van der Waals surface area contributed by atoms with Crippen LogP contribution in [-0.2, 0) is 9.59 Å². The maximum atomic E-state index is 11.8. The Bertz CT molecular complexity index is 522. The van der Waals surface area contributed by atoms with Crippen molar-refractivity contribution in [2.45, 2.75) is 32.7 Å². The van der Waals surface area contributed by atoms with Crippen LogP contribution in [0.25, 0.3) is 6.08 Å². The first-order valence-corrected chi connectivity index (χ1v) is 6.87. The number of carbonyl (C=O) groups is 2. The molecule has 1 amide bonds. The second-order valence-electron chi connectivity index (χ2n) is 4.82. The molecule has 1 atom stereocenters. The minimum Gasteiger partial charge on any atom is -0.494 e. The SMILES string of the molecule is CCOc1ccc(C=CC(=O)NC(C)(CC)C(=O)O)cc1. The Kier molecular flexibility index (Phi) is 5.96. The van der Waals surface area contributed by atoms with E-state index in [1.807, 2.05) is 31.2 Å². The smallest absolute Gasteiger partial charge is 0.329 e. The van der Waals surface area contributed by atoms with Crippen molar-refractivity contribution >= 4 is 18.0 Å². The maximum absolute atomic E-state index is 11.8. The topological polar surface area (TPSA) is 75.6 Å². The van der Waals surface area contributed by atoms with Gasteiger partial charge in [-0.25, -0.2) is 4.79 Å². The summed E-state index contributed by atoms with van der Waals surface area (Å²) in [6.07, 6.45) is 3.26. The predicted molar refractivity (Wildman–Crippen MR) is 81.1 cm³/mol. The van der Waals surface area contributed by atoms with Crippen LogP contribution in [0.3, 0.4) is 0 Å². The van der Waals surface area contributed by atoms with Crippen molar-refractivity contribution in [2.75, 3.05) is 6.61 Å². The first-order chi connectivity index (χ1) is 9.91. The molecule has 0 saturated heterocycles. The molecule has 0 aromatic heterocycles. The molecule has 1 aromatic carbocycles. The van der Waals surface area contributed by atoms with Gasteiger partial charge in [0.25, 0.3) is 0 Å². The highest BCUT2D eigenvalue weighted by Crippen LogP contribution is 2.13. The molecule has 0 aliphatic carbocycles. The molecule has 1 rings (SSSR count). The zero-order valence-corrected chi connectivity index (χ0v) is 12.6. The van der Waals surface area contributed by atoms with Crippen LogP contribution in [-0.4, -0.2) is 29.1 Å². The molecular formula is C16H21NO4. The van der Waals surface area contributed by atoms with Gasteiger partial charge in [0.05, 0.1) is 6.61 Å². The average molecular weight is 291 g/mol. The molecule has 0 spiro atoms. The Morgan fingerprint density at radius 1 is 1.29 bits per heavy atom. The second kappa shape index (κ2) is 7.47. The normalized spacial score (nSPS) is 13.7. The first kappa shape index (κ1) is 16.8. The van der Waals surface area contributed by atoms with Gasteiger partial charge in [0, 0.05) is 6.08 Å². The highest BCUT2D eigenvalue weighted by Gasteiger charge is 2.31. The van der Waals surface area contributed by atoms with E-state index >= 15 is 0 Å². The lowest BCUT2D eigenvalue weighted by molar-refractivity contribution is -0.146. The average Bonchev–Trinajstić information content (AvgIpc) is 2.46. The van der Waals surface area contributed by atoms with Gasteiger partial charge in [-0.05, 0) is 44.0 Å². The van der Waals surface area contributed by atoms with Gasteiger partial charge < -0.3 is 15.2 Å². The standard InChI is InChI=1S/C16H21NO4/c1-4-16(3,15(19)20)17-14(18)11-8-12-6-9-13(10-7-12)21-5-2/h6-11H,4-5H2,1-3H3,(H,17,18)(H,19,20). The van der Waals surface area contributed by atoms with Crippen LogP contribution in [0.4, 0.5) is 0 Å². The fourth-order valence-electron chi connectivity index (χ4n) is 1.62. The van der Waals surface area contributed by atoms with Gasteiger partial charge in [0.15, 0.2) is 0 Å². The Balaban J connectivity index is 2.67. The molecule has 0 radical (unpaired) electrons. The highest BCUT2D eigenvalue weighted by molar-refractivity contribution is 5.95. The van der Waals surface area contributed by atoms with Gasteiger partial charge in [-0.15, -0.1) is 0 Å². The van der Waals surface area contributed by atoms with Crippen LogP contribution in [0.15, 0.2) is 30.3 Å². The number of nitrogens with one attached hydrogen (secondary N) is 1. The molecule has 0 aliphatic rings. The summed E-state index contributed by atoms with van der Waals surface area (Å²) in [5, 5.41) is 11.6. The third kappa shape index (κ3) is 4.95. The fourth-order valence-corrected chi connectivity index (χ4v) is 1.62. The second-order valence-corrected chi connectivity index (χ2v) is 4.82. The van der Waals surface area contributed by atoms with Crippen LogP contribution >= 0.6 is 0 Å². The molecule has 5 nitrogen and oxygen atoms in total. The third-order valence-electron chi connectivity index (χ3n) is 3.20. The van der Waals surface area contributed by atoms with E-state index in [0.717, 1.165) is 11.3 Å². The number of carboxylic acid groups (broad SMARTS) is 1. The molecule has 0 fully saturated rings. The molecule has 5 heteroatoms. The van der Waals surface area contributed by atoms with Crippen LogP contribution < -0.4 is 10.1 Å². The minimum absolute atomic E-state index is 0.310. The van der Waals surface area contributed by atoms with Gasteiger partial charge in [-0.1, -0.05) is 19.1 Å². The van der Waals surface area contributed by atoms with E-state index in [1.54, 1.807) is 13.0 Å². The highest BCUT2D eigenvalue weighted by atomic mass is 16.5. The number of benzene rings is 1. The summed E-state index contributed by atoms with van der Waals surface area (Å²) in [7, 11) is 0. The monoisotopic (exact) mass is 291 g/mol. The van der Waals surface area contributed by atoms with E-state index < -0.39 is 17.4 Å². The summed E-state index contributed by atoms with van der Waals surface area (Å²) in [4.78, 5) is 22.9. The molecule has 0 heterocycles. The molecule has 2 N–H and O–H groups in total. The summed E-state index contributed by atoms with van der Waals surface area (Å²) in [5.74, 6) is -0.716. The van der Waals surface area contributed by atoms with E-state index in [1.165, 1.54) is 13.0 Å². The molecule has 1 aromatic rings. The van der Waals surface area contributed by atoms with Crippen LogP contribution in [0.1, 0.15) is 32.8 Å². The molecule has 0 bridgehead atoms. The Hall–Kier alpha value is -2.30. The molecule has 114 valence electrons. The van der Waals surface area contributed by atoms with Crippen LogP contribution in [0.2, 0.25) is 0 Å². The van der Waals surface area contributed by atoms with E-state index in [-0.39, 0.29) is 0 Å². The molecular weight excluding hydrogens is 270 g/mol. The number of amides is 1. The van der Waals surface area contributed by atoms with E-state index in [0.29, 0.717) is 13.0 Å². The lowest BCUT2D eigenvalue weighted by Crippen LogP contribution is -2.51. The van der Waals surface area contributed by atoms with Crippen molar-refractivity contribution in [2.24, 2.45) is 0 Å². The Labute approximate surface area is 124 Å². The molecule has 0 saturated carbocycles. The van der Waals surface area contributed by atoms with E-state index in [9.17, 15) is 9.59 Å². The van der Waals surface area contributed by atoms with Crippen molar-refractivity contribution < 1.29 is 19.4 Å². The summed E-state index contributed by atoms with van der Waals surface area (Å²) in [6, 6.07) is 7.28. The quantitative estimate of drug-likeness (QED) is 0.757. The Morgan fingerprint density at radius 3 is 2.38 bits per heavy atom. The zero-order chi connectivity index (χ0) is 15.9. The van der Waals surface area contributed by atoms with Gasteiger partial charge in [0.2, 0.25) is 5.91 Å². The van der Waals surface area contributed by atoms with Crippen molar-refractivity contribution in [3.63, 3.8) is 0 Å². The Morgan fingerprint density at radius 2 is 1.90 bits per heavy atom. The van der Waals surface area contributed by atoms with Crippen molar-refractivity contribution in [3.8, 4) is 5.75 Å². The van der Waals surface area contributed by atoms with E-state index in [2.05, 4.69) is 5.32 Å². The van der Waals surface area contributed by atoms with Crippen molar-refractivity contribution in [1.29, 1.82) is 0 Å². The minimum atomic E-state index is -1.25. The number of carbonyl (C=O) groups excluding carboxylic acids is 1. The number of hydrogen-bond acceptors (Lipinski definition) is 3. The number of rotatable bonds is 7. The van der Waals surface area contributed by atoms with Crippen LogP contribution in [0, 0.1) is 0 Å². The lowest BCUT2D eigenvalue weighted by Gasteiger charge is -2.23. The van der Waals surface area contributed by atoms with Crippen molar-refractivity contribution in [1.82, 2.24) is 5.32 Å². The van der Waals surface area contributed by atoms with Crippen molar-refractivity contribution in [3.05, 3.63) is 35.9 Å². The van der Waals surface area contributed by atoms with Gasteiger partial charge in [-0.3, -0.25) is 4.79 Å². The van der Waals surface area contributed by atoms with Gasteiger partial charge in [0.1, 0.15) is 11.3 Å². The largest absolute Gasteiger partial charge is 0.494 e. The lowest BCUT2D eigenvalue weighted by atomic mass is 9.99. The molecule has 0 aliphatic heterocycles. The maximum Gasteiger partial charge on any atom is 0.329 e.